The van der Waals surface area contributed by atoms with Crippen LogP contribution in [0.15, 0.2) is 78.0 Å². The number of halogens is 1. The molecule has 5 aromatic rings. The number of hydrogen-bond donors (Lipinski definition) is 3. The fourth-order valence-electron chi connectivity index (χ4n) is 3.96. The van der Waals surface area contributed by atoms with Gasteiger partial charge in [0.05, 0.1) is 28.2 Å². The second kappa shape index (κ2) is 11.1. The molecule has 0 aliphatic rings. The van der Waals surface area contributed by atoms with E-state index >= 15 is 0 Å². The zero-order valence-corrected chi connectivity index (χ0v) is 20.9. The van der Waals surface area contributed by atoms with Gasteiger partial charge < -0.3 is 16.2 Å². The van der Waals surface area contributed by atoms with Crippen LogP contribution >= 0.6 is 11.6 Å². The Morgan fingerprint density at radius 1 is 1.03 bits per heavy atom. The number of benzene rings is 2. The molecule has 0 unspecified atom stereocenters. The highest BCUT2D eigenvalue weighted by Crippen LogP contribution is 2.21. The van der Waals surface area contributed by atoms with Gasteiger partial charge in [0.25, 0.3) is 5.56 Å². The first-order valence-corrected chi connectivity index (χ1v) is 12.1. The van der Waals surface area contributed by atoms with Gasteiger partial charge in [-0.1, -0.05) is 41.8 Å². The first-order valence-electron chi connectivity index (χ1n) is 11.7. The van der Waals surface area contributed by atoms with Crippen LogP contribution in [-0.4, -0.2) is 36.2 Å². The molecule has 10 heteroatoms. The minimum atomic E-state index is -0.239. The van der Waals surface area contributed by atoms with Crippen LogP contribution in [-0.2, 0) is 13.0 Å². The molecular weight excluding hydrogens is 502 g/mol. The first kappa shape index (κ1) is 24.9. The number of nitrogens with two attached hydrogens (primary N) is 1. The first-order chi connectivity index (χ1) is 18.5. The number of nitrogens with zero attached hydrogens (tertiary/aromatic N) is 5. The summed E-state index contributed by atoms with van der Waals surface area (Å²) in [5, 5.41) is 13.3. The van der Waals surface area contributed by atoms with Gasteiger partial charge in [0.2, 0.25) is 0 Å². The lowest BCUT2D eigenvalue weighted by Crippen LogP contribution is -2.25. The topological polar surface area (TPSA) is 132 Å². The van der Waals surface area contributed by atoms with Crippen molar-refractivity contribution in [2.75, 3.05) is 17.6 Å². The number of pyridine rings is 1. The maximum Gasteiger partial charge on any atom is 0.267 e. The van der Waals surface area contributed by atoms with Crippen molar-refractivity contribution in [2.45, 2.75) is 13.0 Å². The number of aliphatic hydroxyl groups is 1. The lowest BCUT2D eigenvalue weighted by molar-refractivity contribution is 0.281. The van der Waals surface area contributed by atoms with E-state index in [2.05, 4.69) is 32.1 Å². The smallest absolute Gasteiger partial charge is 0.267 e. The Hall–Kier alpha value is -4.78. The van der Waals surface area contributed by atoms with E-state index in [0.29, 0.717) is 63.0 Å². The molecule has 188 valence electrons. The standard InChI is InChI=1S/C28H22ClN7O2/c29-22-7-4-8-23-25(22)28(38)36(20-5-2-1-3-6-20)24(35-23)12-14-32-27-21(26(30)33-17-34-27)10-9-19-15-18(16-37)11-13-31-19/h1-8,11,13,15,17,37H,12,14,16H2,(H3,30,32,33,34). The van der Waals surface area contributed by atoms with E-state index in [1.807, 2.05) is 30.3 Å². The molecule has 0 aliphatic carbocycles. The van der Waals surface area contributed by atoms with Crippen LogP contribution in [0.3, 0.4) is 0 Å². The molecule has 0 saturated carbocycles. The number of para-hydroxylation sites is 1. The van der Waals surface area contributed by atoms with E-state index < -0.39 is 0 Å². The van der Waals surface area contributed by atoms with Crippen molar-refractivity contribution >= 4 is 34.1 Å². The molecule has 3 heterocycles. The number of fused-ring (bicyclic) bond motifs is 1. The van der Waals surface area contributed by atoms with Gasteiger partial charge in [-0.25, -0.2) is 19.9 Å². The second-order valence-electron chi connectivity index (χ2n) is 8.25. The molecule has 0 spiro atoms. The zero-order valence-electron chi connectivity index (χ0n) is 20.1. The predicted octanol–water partition coefficient (Wildman–Crippen LogP) is 3.35. The Bertz CT molecular complexity index is 1740. The van der Waals surface area contributed by atoms with E-state index in [-0.39, 0.29) is 18.0 Å². The normalized spacial score (nSPS) is 10.7. The molecule has 0 atom stereocenters. The van der Waals surface area contributed by atoms with Crippen LogP contribution in [0.25, 0.3) is 16.6 Å². The molecule has 0 fully saturated rings. The number of nitrogen functional groups attached to an aromatic ring is 1. The summed E-state index contributed by atoms with van der Waals surface area (Å²) in [7, 11) is 0. The van der Waals surface area contributed by atoms with Crippen molar-refractivity contribution in [3.05, 3.63) is 111 Å². The third kappa shape index (κ3) is 5.18. The van der Waals surface area contributed by atoms with E-state index in [9.17, 15) is 9.90 Å². The van der Waals surface area contributed by atoms with Crippen LogP contribution in [0, 0.1) is 11.8 Å². The zero-order chi connectivity index (χ0) is 26.5. The number of hydrogen-bond acceptors (Lipinski definition) is 8. The summed E-state index contributed by atoms with van der Waals surface area (Å²) in [6.07, 6.45) is 3.32. The van der Waals surface area contributed by atoms with E-state index in [1.165, 1.54) is 6.33 Å². The molecule has 2 aromatic carbocycles. The summed E-state index contributed by atoms with van der Waals surface area (Å²) in [6, 6.07) is 17.9. The van der Waals surface area contributed by atoms with Crippen molar-refractivity contribution in [3.8, 4) is 17.5 Å². The quantitative estimate of drug-likeness (QED) is 0.289. The van der Waals surface area contributed by atoms with Gasteiger partial charge in [-0.15, -0.1) is 0 Å². The summed E-state index contributed by atoms with van der Waals surface area (Å²) in [5.74, 6) is 7.15. The van der Waals surface area contributed by atoms with Gasteiger partial charge in [0, 0.05) is 19.2 Å². The largest absolute Gasteiger partial charge is 0.392 e. The van der Waals surface area contributed by atoms with Crippen LogP contribution in [0.1, 0.15) is 22.6 Å². The molecule has 9 nitrogen and oxygen atoms in total. The van der Waals surface area contributed by atoms with Crippen LogP contribution in [0.2, 0.25) is 5.02 Å². The number of aromatic nitrogens is 5. The molecule has 3 aromatic heterocycles. The Kier molecular flexibility index (Phi) is 7.26. The fraction of sp³-hybridized carbons (Fsp3) is 0.107. The molecule has 4 N–H and O–H groups in total. The fourth-order valence-corrected chi connectivity index (χ4v) is 4.21. The van der Waals surface area contributed by atoms with Gasteiger partial charge in [-0.3, -0.25) is 9.36 Å². The van der Waals surface area contributed by atoms with Gasteiger partial charge in [0.1, 0.15) is 35.0 Å². The van der Waals surface area contributed by atoms with Crippen molar-refractivity contribution in [2.24, 2.45) is 0 Å². The lowest BCUT2D eigenvalue weighted by Gasteiger charge is -2.15. The molecule has 0 radical (unpaired) electrons. The minimum absolute atomic E-state index is 0.107. The molecule has 0 saturated heterocycles. The number of nitrogens with one attached hydrogen (secondary N) is 1. The summed E-state index contributed by atoms with van der Waals surface area (Å²) >= 11 is 6.36. The monoisotopic (exact) mass is 523 g/mol. The number of aliphatic hydroxyl groups excluding tert-OH is 1. The Balaban J connectivity index is 1.46. The van der Waals surface area contributed by atoms with Crippen LogP contribution < -0.4 is 16.6 Å². The van der Waals surface area contributed by atoms with Crippen LogP contribution in [0.5, 0.6) is 0 Å². The molecule has 5 rings (SSSR count). The molecule has 38 heavy (non-hydrogen) atoms. The van der Waals surface area contributed by atoms with Gasteiger partial charge >= 0.3 is 0 Å². The van der Waals surface area contributed by atoms with Gasteiger partial charge in [-0.05, 0) is 47.9 Å². The molecular formula is C28H22ClN7O2. The van der Waals surface area contributed by atoms with Crippen molar-refractivity contribution < 1.29 is 5.11 Å². The van der Waals surface area contributed by atoms with E-state index in [0.717, 1.165) is 0 Å². The Labute approximate surface area is 223 Å². The maximum absolute atomic E-state index is 13.5. The predicted molar refractivity (Wildman–Crippen MR) is 147 cm³/mol. The minimum Gasteiger partial charge on any atom is -0.392 e. The lowest BCUT2D eigenvalue weighted by atomic mass is 10.2. The average Bonchev–Trinajstić information content (AvgIpc) is 2.93. The summed E-state index contributed by atoms with van der Waals surface area (Å²) < 4.78 is 1.57. The SMILES string of the molecule is Nc1ncnc(NCCc2nc3cccc(Cl)c3c(=O)n2-c2ccccc2)c1C#Cc1cc(CO)ccn1. The summed E-state index contributed by atoms with van der Waals surface area (Å²) in [5.41, 5.74) is 8.68. The summed E-state index contributed by atoms with van der Waals surface area (Å²) in [6.45, 7) is 0.276. The van der Waals surface area contributed by atoms with E-state index in [4.69, 9.17) is 22.3 Å². The average molecular weight is 524 g/mol. The Morgan fingerprint density at radius 3 is 2.68 bits per heavy atom. The van der Waals surface area contributed by atoms with Crippen LogP contribution in [0.4, 0.5) is 11.6 Å². The van der Waals surface area contributed by atoms with Gasteiger partial charge in [0.15, 0.2) is 0 Å². The third-order valence-electron chi connectivity index (χ3n) is 5.77. The number of anilines is 2. The third-order valence-corrected chi connectivity index (χ3v) is 6.09. The Morgan fingerprint density at radius 2 is 1.87 bits per heavy atom. The second-order valence-corrected chi connectivity index (χ2v) is 8.66. The summed E-state index contributed by atoms with van der Waals surface area (Å²) in [4.78, 5) is 30.8. The van der Waals surface area contributed by atoms with Crippen molar-refractivity contribution in [1.29, 1.82) is 0 Å². The van der Waals surface area contributed by atoms with Crippen molar-refractivity contribution in [1.82, 2.24) is 24.5 Å². The molecule has 0 aliphatic heterocycles. The van der Waals surface area contributed by atoms with Crippen molar-refractivity contribution in [3.63, 3.8) is 0 Å². The maximum atomic E-state index is 13.5. The molecule has 0 amide bonds. The highest BCUT2D eigenvalue weighted by atomic mass is 35.5. The van der Waals surface area contributed by atoms with Gasteiger partial charge in [-0.2, -0.15) is 0 Å². The molecule has 0 bridgehead atoms. The van der Waals surface area contributed by atoms with E-state index in [1.54, 1.807) is 41.1 Å². The number of rotatable bonds is 6. The highest BCUT2D eigenvalue weighted by molar-refractivity contribution is 6.35. The highest BCUT2D eigenvalue weighted by Gasteiger charge is 2.15.